The lowest BCUT2D eigenvalue weighted by Gasteiger charge is -2.03. The van der Waals surface area contributed by atoms with E-state index in [1.807, 2.05) is 18.2 Å². The van der Waals surface area contributed by atoms with Crippen molar-refractivity contribution in [1.82, 2.24) is 9.97 Å². The molecule has 5 heteroatoms. The van der Waals surface area contributed by atoms with Crippen LogP contribution in [0.1, 0.15) is 10.5 Å². The van der Waals surface area contributed by atoms with Gasteiger partial charge in [-0.3, -0.25) is 4.79 Å². The number of aromatic nitrogens is 2. The average molecular weight is 256 g/mol. The van der Waals surface area contributed by atoms with Crippen LogP contribution in [0.25, 0.3) is 21.8 Å². The van der Waals surface area contributed by atoms with Crippen molar-refractivity contribution in [3.63, 3.8) is 0 Å². The molecule has 5 nitrogen and oxygen atoms in total. The van der Waals surface area contributed by atoms with Gasteiger partial charge in [0.15, 0.2) is 6.29 Å². The highest BCUT2D eigenvalue weighted by molar-refractivity contribution is 6.15. The molecule has 0 aliphatic carbocycles. The topological polar surface area (TPSA) is 64.2 Å². The van der Waals surface area contributed by atoms with Gasteiger partial charge in [0.05, 0.1) is 36.8 Å². The second-order valence-electron chi connectivity index (χ2n) is 4.09. The lowest BCUT2D eigenvalue weighted by Crippen LogP contribution is -1.91. The van der Waals surface area contributed by atoms with Crippen molar-refractivity contribution in [2.75, 3.05) is 14.2 Å². The summed E-state index contributed by atoms with van der Waals surface area (Å²) in [5.41, 5.74) is 1.84. The minimum atomic E-state index is 0.356. The number of ether oxygens (including phenoxy) is 2. The first-order chi connectivity index (χ1) is 9.30. The minimum absolute atomic E-state index is 0.356. The Morgan fingerprint density at radius 3 is 2.63 bits per heavy atom. The molecule has 0 fully saturated rings. The summed E-state index contributed by atoms with van der Waals surface area (Å²) in [6, 6.07) is 5.71. The fourth-order valence-electron chi connectivity index (χ4n) is 2.31. The van der Waals surface area contributed by atoms with Gasteiger partial charge >= 0.3 is 0 Å². The SMILES string of the molecule is COc1cccc2c1[nH]c1c(C=O)ncc(OC)c12. The van der Waals surface area contributed by atoms with Crippen LogP contribution in [0.5, 0.6) is 11.5 Å². The van der Waals surface area contributed by atoms with Gasteiger partial charge < -0.3 is 14.5 Å². The largest absolute Gasteiger partial charge is 0.495 e. The van der Waals surface area contributed by atoms with E-state index in [2.05, 4.69) is 9.97 Å². The highest BCUT2D eigenvalue weighted by Crippen LogP contribution is 2.36. The molecule has 2 heterocycles. The summed E-state index contributed by atoms with van der Waals surface area (Å²) in [4.78, 5) is 18.4. The number of benzene rings is 1. The number of methoxy groups -OCH3 is 2. The first-order valence-corrected chi connectivity index (χ1v) is 5.76. The van der Waals surface area contributed by atoms with Crippen LogP contribution in [0.2, 0.25) is 0 Å². The fourth-order valence-corrected chi connectivity index (χ4v) is 2.31. The predicted molar refractivity (Wildman–Crippen MR) is 72.1 cm³/mol. The van der Waals surface area contributed by atoms with Crippen LogP contribution >= 0.6 is 0 Å². The van der Waals surface area contributed by atoms with Crippen LogP contribution < -0.4 is 9.47 Å². The Kier molecular flexibility index (Phi) is 2.59. The van der Waals surface area contributed by atoms with Crippen molar-refractivity contribution in [3.8, 4) is 11.5 Å². The third-order valence-electron chi connectivity index (χ3n) is 3.17. The van der Waals surface area contributed by atoms with Crippen molar-refractivity contribution in [1.29, 1.82) is 0 Å². The Bertz CT molecular complexity index is 777. The molecule has 1 aromatic carbocycles. The number of H-pyrrole nitrogens is 1. The fraction of sp³-hybridized carbons (Fsp3) is 0.143. The van der Waals surface area contributed by atoms with E-state index in [-0.39, 0.29) is 0 Å². The van der Waals surface area contributed by atoms with Gasteiger partial charge in [-0.2, -0.15) is 0 Å². The van der Waals surface area contributed by atoms with Crippen molar-refractivity contribution in [2.24, 2.45) is 0 Å². The van der Waals surface area contributed by atoms with E-state index < -0.39 is 0 Å². The molecule has 0 unspecified atom stereocenters. The van der Waals surface area contributed by atoms with E-state index in [0.29, 0.717) is 22.7 Å². The molecular formula is C14H12N2O3. The maximum absolute atomic E-state index is 11.1. The van der Waals surface area contributed by atoms with E-state index in [4.69, 9.17) is 9.47 Å². The number of nitrogens with zero attached hydrogens (tertiary/aromatic N) is 1. The summed E-state index contributed by atoms with van der Waals surface area (Å²) >= 11 is 0. The smallest absolute Gasteiger partial charge is 0.170 e. The molecule has 3 aromatic rings. The second kappa shape index (κ2) is 4.28. The molecule has 0 spiro atoms. The standard InChI is InChI=1S/C14H12N2O3/c1-18-10-5-3-4-8-12-11(19-2)6-15-9(7-17)14(12)16-13(8)10/h3-7,16H,1-2H3. The molecule has 0 aliphatic heterocycles. The number of pyridine rings is 1. The van der Waals surface area contributed by atoms with Gasteiger partial charge in [0.25, 0.3) is 0 Å². The van der Waals surface area contributed by atoms with Crippen molar-refractivity contribution < 1.29 is 14.3 Å². The third kappa shape index (κ3) is 1.55. The number of para-hydroxylation sites is 1. The normalized spacial score (nSPS) is 10.8. The molecule has 0 bridgehead atoms. The molecule has 0 amide bonds. The minimum Gasteiger partial charge on any atom is -0.495 e. The number of rotatable bonds is 3. The highest BCUT2D eigenvalue weighted by Gasteiger charge is 2.15. The molecule has 0 aliphatic rings. The zero-order valence-corrected chi connectivity index (χ0v) is 10.6. The molecule has 96 valence electrons. The van der Waals surface area contributed by atoms with E-state index >= 15 is 0 Å². The Balaban J connectivity index is 2.55. The summed E-state index contributed by atoms with van der Waals surface area (Å²) in [6.45, 7) is 0. The molecule has 0 saturated heterocycles. The number of carbonyl (C=O) groups excluding carboxylic acids is 1. The summed E-state index contributed by atoms with van der Waals surface area (Å²) in [5, 5.41) is 1.78. The van der Waals surface area contributed by atoms with Crippen LogP contribution in [-0.4, -0.2) is 30.5 Å². The molecule has 0 atom stereocenters. The molecule has 2 aromatic heterocycles. The maximum atomic E-state index is 11.1. The summed E-state index contributed by atoms with van der Waals surface area (Å²) in [7, 11) is 3.19. The predicted octanol–water partition coefficient (Wildman–Crippen LogP) is 2.55. The monoisotopic (exact) mass is 256 g/mol. The van der Waals surface area contributed by atoms with Crippen molar-refractivity contribution >= 4 is 28.1 Å². The van der Waals surface area contributed by atoms with Crippen LogP contribution in [-0.2, 0) is 0 Å². The van der Waals surface area contributed by atoms with Gasteiger partial charge in [-0.05, 0) is 6.07 Å². The third-order valence-corrected chi connectivity index (χ3v) is 3.17. The average Bonchev–Trinajstić information content (AvgIpc) is 2.85. The Morgan fingerprint density at radius 2 is 1.95 bits per heavy atom. The van der Waals surface area contributed by atoms with Crippen LogP contribution in [0.4, 0.5) is 0 Å². The number of fused-ring (bicyclic) bond motifs is 3. The molecular weight excluding hydrogens is 244 g/mol. The molecule has 19 heavy (non-hydrogen) atoms. The van der Waals surface area contributed by atoms with Crippen LogP contribution in [0.15, 0.2) is 24.4 Å². The first kappa shape index (κ1) is 11.5. The van der Waals surface area contributed by atoms with Crippen molar-refractivity contribution in [3.05, 3.63) is 30.1 Å². The zero-order chi connectivity index (χ0) is 13.4. The number of aromatic amines is 1. The molecule has 0 radical (unpaired) electrons. The number of aldehydes is 1. The Morgan fingerprint density at radius 1 is 1.16 bits per heavy atom. The lowest BCUT2D eigenvalue weighted by molar-refractivity contribution is 0.112. The van der Waals surface area contributed by atoms with Crippen LogP contribution in [0.3, 0.4) is 0 Å². The number of hydrogen-bond acceptors (Lipinski definition) is 4. The molecule has 1 N–H and O–H groups in total. The summed E-state index contributed by atoms with van der Waals surface area (Å²) in [5.74, 6) is 1.34. The molecule has 0 saturated carbocycles. The van der Waals surface area contributed by atoms with Gasteiger partial charge in [-0.1, -0.05) is 12.1 Å². The van der Waals surface area contributed by atoms with Gasteiger partial charge in [-0.25, -0.2) is 4.98 Å². The van der Waals surface area contributed by atoms with E-state index in [1.54, 1.807) is 20.4 Å². The van der Waals surface area contributed by atoms with Gasteiger partial charge in [0.2, 0.25) is 0 Å². The Hall–Kier alpha value is -2.56. The second-order valence-corrected chi connectivity index (χ2v) is 4.09. The lowest BCUT2D eigenvalue weighted by atomic mass is 10.1. The van der Waals surface area contributed by atoms with Crippen molar-refractivity contribution in [2.45, 2.75) is 0 Å². The summed E-state index contributed by atoms with van der Waals surface area (Å²) in [6.07, 6.45) is 2.28. The van der Waals surface area contributed by atoms with Gasteiger partial charge in [0.1, 0.15) is 17.2 Å². The van der Waals surface area contributed by atoms with E-state index in [9.17, 15) is 4.79 Å². The first-order valence-electron chi connectivity index (χ1n) is 5.76. The van der Waals surface area contributed by atoms with Gasteiger partial charge in [0, 0.05) is 5.39 Å². The van der Waals surface area contributed by atoms with Gasteiger partial charge in [-0.15, -0.1) is 0 Å². The zero-order valence-electron chi connectivity index (χ0n) is 10.6. The van der Waals surface area contributed by atoms with E-state index in [1.165, 1.54) is 0 Å². The quantitative estimate of drug-likeness (QED) is 0.731. The number of carbonyl (C=O) groups is 1. The number of hydrogen-bond donors (Lipinski definition) is 1. The Labute approximate surface area is 109 Å². The highest BCUT2D eigenvalue weighted by atomic mass is 16.5. The van der Waals surface area contributed by atoms with E-state index in [0.717, 1.165) is 22.6 Å². The number of nitrogens with one attached hydrogen (secondary N) is 1. The maximum Gasteiger partial charge on any atom is 0.170 e. The summed E-state index contributed by atoms with van der Waals surface area (Å²) < 4.78 is 10.7. The van der Waals surface area contributed by atoms with Crippen LogP contribution in [0, 0.1) is 0 Å². The molecule has 3 rings (SSSR count).